The highest BCUT2D eigenvalue weighted by molar-refractivity contribution is 5.46. The van der Waals surface area contributed by atoms with E-state index in [-0.39, 0.29) is 6.10 Å². The molecule has 0 spiro atoms. The van der Waals surface area contributed by atoms with Crippen LogP contribution in [0.25, 0.3) is 0 Å². The van der Waals surface area contributed by atoms with Crippen LogP contribution in [0.5, 0.6) is 17.2 Å². The van der Waals surface area contributed by atoms with E-state index in [4.69, 9.17) is 14.2 Å². The molecule has 1 saturated heterocycles. The number of ether oxygens (including phenoxy) is 3. The van der Waals surface area contributed by atoms with E-state index < -0.39 is 0 Å². The molecular formula is C14H19NO3. The quantitative estimate of drug-likeness (QED) is 0.801. The Balaban J connectivity index is 1.79. The first-order chi connectivity index (χ1) is 8.78. The van der Waals surface area contributed by atoms with Crippen LogP contribution in [0.3, 0.4) is 0 Å². The van der Waals surface area contributed by atoms with Crippen LogP contribution < -0.4 is 14.2 Å². The average Bonchev–Trinajstić information content (AvgIpc) is 2.83. The molecule has 1 aromatic carbocycles. The number of nitrogens with zero attached hydrogens (tertiary/aromatic N) is 1. The molecule has 2 aliphatic rings. The Morgan fingerprint density at radius 2 is 2.22 bits per heavy atom. The third-order valence-corrected chi connectivity index (χ3v) is 3.84. The number of benzene rings is 1. The second-order valence-corrected chi connectivity index (χ2v) is 4.97. The summed E-state index contributed by atoms with van der Waals surface area (Å²) in [4.78, 5) is 2.36. The van der Waals surface area contributed by atoms with Crippen LogP contribution in [0.2, 0.25) is 0 Å². The first-order valence-corrected chi connectivity index (χ1v) is 6.45. The van der Waals surface area contributed by atoms with Crippen molar-refractivity contribution in [3.05, 3.63) is 18.2 Å². The summed E-state index contributed by atoms with van der Waals surface area (Å²) < 4.78 is 17.1. The van der Waals surface area contributed by atoms with E-state index >= 15 is 0 Å². The fraction of sp³-hybridized carbons (Fsp3) is 0.571. The highest BCUT2D eigenvalue weighted by Gasteiger charge is 2.34. The van der Waals surface area contributed by atoms with Crippen molar-refractivity contribution < 1.29 is 14.2 Å². The number of fused-ring (bicyclic) bond motifs is 1. The maximum absolute atomic E-state index is 6.08. The molecule has 4 heteroatoms. The Morgan fingerprint density at radius 3 is 2.94 bits per heavy atom. The molecule has 1 aromatic rings. The van der Waals surface area contributed by atoms with Gasteiger partial charge in [-0.3, -0.25) is 4.90 Å². The van der Waals surface area contributed by atoms with Crippen LogP contribution in [-0.4, -0.2) is 44.4 Å². The lowest BCUT2D eigenvalue weighted by molar-refractivity contribution is 0.0366. The minimum absolute atomic E-state index is 0.122. The first-order valence-electron chi connectivity index (χ1n) is 6.45. The van der Waals surface area contributed by atoms with Crippen molar-refractivity contribution >= 4 is 0 Å². The molecule has 3 rings (SSSR count). The van der Waals surface area contributed by atoms with E-state index in [0.29, 0.717) is 12.6 Å². The minimum Gasteiger partial charge on any atom is -0.497 e. The largest absolute Gasteiger partial charge is 0.497 e. The van der Waals surface area contributed by atoms with Crippen molar-refractivity contribution in [2.24, 2.45) is 0 Å². The second-order valence-electron chi connectivity index (χ2n) is 4.97. The molecule has 98 valence electrons. The van der Waals surface area contributed by atoms with Crippen LogP contribution in [0.1, 0.15) is 12.8 Å². The predicted molar refractivity (Wildman–Crippen MR) is 68.6 cm³/mol. The van der Waals surface area contributed by atoms with Gasteiger partial charge in [-0.2, -0.15) is 0 Å². The zero-order valence-electron chi connectivity index (χ0n) is 10.9. The van der Waals surface area contributed by atoms with Gasteiger partial charge in [0.05, 0.1) is 7.11 Å². The normalized spacial score (nSPS) is 27.2. The molecule has 0 amide bonds. The highest BCUT2D eigenvalue weighted by Crippen LogP contribution is 2.37. The van der Waals surface area contributed by atoms with E-state index in [1.54, 1.807) is 7.11 Å². The summed E-state index contributed by atoms with van der Waals surface area (Å²) in [5.74, 6) is 2.41. The standard InChI is InChI=1S/C14H19NO3/c1-15-7-3-4-11(15)14-9-17-12-6-5-10(16-2)8-13(12)18-14/h5-6,8,11,14H,3-4,7,9H2,1-2H3/t11-,14-/m0/s1. The predicted octanol–water partition coefficient (Wildman–Crippen LogP) is 1.93. The summed E-state index contributed by atoms with van der Waals surface area (Å²) in [7, 11) is 3.82. The first kappa shape index (κ1) is 11.7. The number of methoxy groups -OCH3 is 1. The second kappa shape index (κ2) is 4.69. The van der Waals surface area contributed by atoms with Crippen LogP contribution in [-0.2, 0) is 0 Å². The summed E-state index contributed by atoms with van der Waals surface area (Å²) >= 11 is 0. The van der Waals surface area contributed by atoms with Gasteiger partial charge in [-0.1, -0.05) is 0 Å². The monoisotopic (exact) mass is 249 g/mol. The molecule has 0 bridgehead atoms. The van der Waals surface area contributed by atoms with Crippen molar-refractivity contribution in [2.75, 3.05) is 27.3 Å². The topological polar surface area (TPSA) is 30.9 Å². The third kappa shape index (κ3) is 2.01. The third-order valence-electron chi connectivity index (χ3n) is 3.84. The molecule has 0 radical (unpaired) electrons. The molecule has 1 fully saturated rings. The SMILES string of the molecule is COc1ccc2c(c1)O[C@H]([C@@H]1CCCN1C)CO2. The lowest BCUT2D eigenvalue weighted by Crippen LogP contribution is -2.45. The fourth-order valence-corrected chi connectivity index (χ4v) is 2.79. The van der Waals surface area contributed by atoms with Crippen LogP contribution in [0, 0.1) is 0 Å². The maximum Gasteiger partial charge on any atom is 0.165 e. The smallest absolute Gasteiger partial charge is 0.165 e. The zero-order valence-corrected chi connectivity index (χ0v) is 10.9. The van der Waals surface area contributed by atoms with Gasteiger partial charge in [-0.25, -0.2) is 0 Å². The van der Waals surface area contributed by atoms with Crippen molar-refractivity contribution in [1.29, 1.82) is 0 Å². The van der Waals surface area contributed by atoms with Crippen LogP contribution >= 0.6 is 0 Å². The zero-order chi connectivity index (χ0) is 12.5. The average molecular weight is 249 g/mol. The molecule has 0 unspecified atom stereocenters. The lowest BCUT2D eigenvalue weighted by Gasteiger charge is -2.33. The highest BCUT2D eigenvalue weighted by atomic mass is 16.6. The van der Waals surface area contributed by atoms with Gasteiger partial charge in [0.2, 0.25) is 0 Å². The van der Waals surface area contributed by atoms with E-state index in [2.05, 4.69) is 11.9 Å². The molecule has 2 aliphatic heterocycles. The van der Waals surface area contributed by atoms with Crippen molar-refractivity contribution in [2.45, 2.75) is 25.0 Å². The van der Waals surface area contributed by atoms with E-state index in [1.165, 1.54) is 12.8 Å². The van der Waals surface area contributed by atoms with Crippen LogP contribution in [0.15, 0.2) is 18.2 Å². The number of hydrogen-bond donors (Lipinski definition) is 0. The number of rotatable bonds is 2. The molecule has 2 atom stereocenters. The number of hydrogen-bond acceptors (Lipinski definition) is 4. The van der Waals surface area contributed by atoms with Gasteiger partial charge in [0.1, 0.15) is 18.5 Å². The molecule has 18 heavy (non-hydrogen) atoms. The fourth-order valence-electron chi connectivity index (χ4n) is 2.79. The van der Waals surface area contributed by atoms with Gasteiger partial charge in [0.25, 0.3) is 0 Å². The summed E-state index contributed by atoms with van der Waals surface area (Å²) in [6.07, 6.45) is 2.55. The number of likely N-dealkylation sites (tertiary alicyclic amines) is 1. The summed E-state index contributed by atoms with van der Waals surface area (Å²) in [5, 5.41) is 0. The van der Waals surface area contributed by atoms with Gasteiger partial charge < -0.3 is 14.2 Å². The summed E-state index contributed by atoms with van der Waals surface area (Å²) in [6.45, 7) is 1.78. The Hall–Kier alpha value is -1.42. The van der Waals surface area contributed by atoms with Crippen LogP contribution in [0.4, 0.5) is 0 Å². The van der Waals surface area contributed by atoms with Gasteiger partial charge >= 0.3 is 0 Å². The summed E-state index contributed by atoms with van der Waals surface area (Å²) in [5.41, 5.74) is 0. The lowest BCUT2D eigenvalue weighted by atomic mass is 10.1. The molecule has 2 heterocycles. The molecule has 0 aliphatic carbocycles. The van der Waals surface area contributed by atoms with Gasteiger partial charge in [-0.05, 0) is 38.6 Å². The minimum atomic E-state index is 0.122. The van der Waals surface area contributed by atoms with Crippen molar-refractivity contribution in [3.8, 4) is 17.2 Å². The molecule has 4 nitrogen and oxygen atoms in total. The van der Waals surface area contributed by atoms with Gasteiger partial charge in [-0.15, -0.1) is 0 Å². The maximum atomic E-state index is 6.08. The molecular weight excluding hydrogens is 230 g/mol. The Labute approximate surface area is 107 Å². The van der Waals surface area contributed by atoms with Crippen molar-refractivity contribution in [1.82, 2.24) is 4.90 Å². The van der Waals surface area contributed by atoms with E-state index in [9.17, 15) is 0 Å². The Bertz CT molecular complexity index is 435. The van der Waals surface area contributed by atoms with Gasteiger partial charge in [0, 0.05) is 12.1 Å². The molecule has 0 aromatic heterocycles. The molecule has 0 N–H and O–H groups in total. The van der Waals surface area contributed by atoms with Gasteiger partial charge in [0.15, 0.2) is 11.5 Å². The number of likely N-dealkylation sites (N-methyl/N-ethyl adjacent to an activating group) is 1. The van der Waals surface area contributed by atoms with E-state index in [0.717, 1.165) is 23.8 Å². The summed E-state index contributed by atoms with van der Waals surface area (Å²) in [6, 6.07) is 6.16. The Kier molecular flexibility index (Phi) is 3.04. The van der Waals surface area contributed by atoms with Crippen molar-refractivity contribution in [3.63, 3.8) is 0 Å². The Morgan fingerprint density at radius 1 is 1.33 bits per heavy atom. The van der Waals surface area contributed by atoms with E-state index in [1.807, 2.05) is 18.2 Å². The molecule has 0 saturated carbocycles.